The molecule has 1 heteroatoms. The van der Waals surface area contributed by atoms with Crippen molar-refractivity contribution in [2.75, 3.05) is 7.11 Å². The van der Waals surface area contributed by atoms with Crippen molar-refractivity contribution >= 4 is 0 Å². The number of benzene rings is 1. The van der Waals surface area contributed by atoms with E-state index in [1.54, 1.807) is 7.11 Å². The summed E-state index contributed by atoms with van der Waals surface area (Å²) in [5, 5.41) is 0. The van der Waals surface area contributed by atoms with Crippen LogP contribution in [0.1, 0.15) is 37.0 Å². The Morgan fingerprint density at radius 3 is 2.50 bits per heavy atom. The van der Waals surface area contributed by atoms with Crippen LogP contribution in [-0.2, 0) is 19.3 Å². The van der Waals surface area contributed by atoms with Crippen molar-refractivity contribution in [2.45, 2.75) is 39.5 Å². The number of allylic oxidation sites excluding steroid dienone is 1. The third kappa shape index (κ3) is 2.88. The van der Waals surface area contributed by atoms with Crippen molar-refractivity contribution in [3.8, 4) is 5.75 Å². The molecule has 0 aliphatic carbocycles. The predicted octanol–water partition coefficient (Wildman–Crippen LogP) is 3.94. The lowest BCUT2D eigenvalue weighted by Crippen LogP contribution is -1.99. The van der Waals surface area contributed by atoms with E-state index >= 15 is 0 Å². The number of rotatable bonds is 6. The number of aryl methyl sites for hydroxylation is 2. The summed E-state index contributed by atoms with van der Waals surface area (Å²) < 4.78 is 5.47. The second-order valence-corrected chi connectivity index (χ2v) is 3.97. The van der Waals surface area contributed by atoms with Crippen molar-refractivity contribution < 1.29 is 4.74 Å². The monoisotopic (exact) mass is 218 g/mol. The Kier molecular flexibility index (Phi) is 5.10. The van der Waals surface area contributed by atoms with Crippen molar-refractivity contribution in [3.63, 3.8) is 0 Å². The van der Waals surface area contributed by atoms with Crippen LogP contribution in [0.5, 0.6) is 5.75 Å². The molecule has 1 aromatic carbocycles. The predicted molar refractivity (Wildman–Crippen MR) is 70.3 cm³/mol. The Balaban J connectivity index is 3.09. The zero-order valence-corrected chi connectivity index (χ0v) is 10.7. The molecule has 0 unspecified atom stereocenters. The molecule has 0 bridgehead atoms. The lowest BCUT2D eigenvalue weighted by Gasteiger charge is -2.14. The fourth-order valence-electron chi connectivity index (χ4n) is 2.08. The van der Waals surface area contributed by atoms with Gasteiger partial charge in [0.25, 0.3) is 0 Å². The van der Waals surface area contributed by atoms with E-state index in [2.05, 4.69) is 32.6 Å². The molecule has 0 heterocycles. The average molecular weight is 218 g/mol. The Hall–Kier alpha value is -1.24. The van der Waals surface area contributed by atoms with E-state index in [9.17, 15) is 0 Å². The molecular formula is C15H22O. The second-order valence-electron chi connectivity index (χ2n) is 3.97. The van der Waals surface area contributed by atoms with E-state index in [1.807, 2.05) is 6.08 Å². The smallest absolute Gasteiger partial charge is 0.122 e. The fourth-order valence-corrected chi connectivity index (χ4v) is 2.08. The SMILES string of the molecule is C=CCCc1cc(CC)c(CC)c(OC)c1. The molecule has 0 aromatic heterocycles. The van der Waals surface area contributed by atoms with Gasteiger partial charge in [-0.3, -0.25) is 0 Å². The number of hydrogen-bond donors (Lipinski definition) is 0. The Morgan fingerprint density at radius 1 is 1.25 bits per heavy atom. The third-order valence-corrected chi connectivity index (χ3v) is 2.95. The van der Waals surface area contributed by atoms with Gasteiger partial charge in [0.15, 0.2) is 0 Å². The summed E-state index contributed by atoms with van der Waals surface area (Å²) in [6.07, 6.45) is 6.15. The average Bonchev–Trinajstić information content (AvgIpc) is 2.34. The normalized spacial score (nSPS) is 10.2. The molecule has 88 valence electrons. The zero-order valence-electron chi connectivity index (χ0n) is 10.7. The summed E-state index contributed by atoms with van der Waals surface area (Å²) in [6, 6.07) is 4.48. The highest BCUT2D eigenvalue weighted by Crippen LogP contribution is 2.26. The van der Waals surface area contributed by atoms with Gasteiger partial charge in [0, 0.05) is 0 Å². The topological polar surface area (TPSA) is 9.23 Å². The summed E-state index contributed by atoms with van der Waals surface area (Å²) in [5.41, 5.74) is 4.12. The maximum absolute atomic E-state index is 5.47. The maximum Gasteiger partial charge on any atom is 0.122 e. The summed E-state index contributed by atoms with van der Waals surface area (Å²) in [6.45, 7) is 8.14. The number of hydrogen-bond acceptors (Lipinski definition) is 1. The second kappa shape index (κ2) is 6.37. The fraction of sp³-hybridized carbons (Fsp3) is 0.467. The van der Waals surface area contributed by atoms with Crippen molar-refractivity contribution in [2.24, 2.45) is 0 Å². The van der Waals surface area contributed by atoms with Crippen LogP contribution in [0, 0.1) is 0 Å². The van der Waals surface area contributed by atoms with Gasteiger partial charge in [-0.15, -0.1) is 6.58 Å². The summed E-state index contributed by atoms with van der Waals surface area (Å²) in [7, 11) is 1.76. The van der Waals surface area contributed by atoms with Crippen LogP contribution in [0.15, 0.2) is 24.8 Å². The largest absolute Gasteiger partial charge is 0.496 e. The molecule has 0 saturated heterocycles. The first kappa shape index (κ1) is 12.8. The number of methoxy groups -OCH3 is 1. The third-order valence-electron chi connectivity index (χ3n) is 2.95. The minimum absolute atomic E-state index is 1.03. The lowest BCUT2D eigenvalue weighted by atomic mass is 9.97. The van der Waals surface area contributed by atoms with Gasteiger partial charge < -0.3 is 4.74 Å². The van der Waals surface area contributed by atoms with E-state index in [1.165, 1.54) is 16.7 Å². The molecule has 1 rings (SSSR count). The Bertz CT molecular complexity index is 327. The van der Waals surface area contributed by atoms with Gasteiger partial charge in [0.2, 0.25) is 0 Å². The highest BCUT2D eigenvalue weighted by Gasteiger charge is 2.08. The van der Waals surface area contributed by atoms with Crippen molar-refractivity contribution in [1.82, 2.24) is 0 Å². The molecule has 0 amide bonds. The molecule has 16 heavy (non-hydrogen) atoms. The van der Waals surface area contributed by atoms with Gasteiger partial charge in [-0.1, -0.05) is 26.0 Å². The van der Waals surface area contributed by atoms with Crippen LogP contribution in [0.25, 0.3) is 0 Å². The van der Waals surface area contributed by atoms with Crippen molar-refractivity contribution in [3.05, 3.63) is 41.5 Å². The van der Waals surface area contributed by atoms with Gasteiger partial charge >= 0.3 is 0 Å². The molecule has 0 aliphatic rings. The van der Waals surface area contributed by atoms with Gasteiger partial charge in [-0.25, -0.2) is 0 Å². The van der Waals surface area contributed by atoms with Crippen LogP contribution in [0.3, 0.4) is 0 Å². The first-order valence-corrected chi connectivity index (χ1v) is 6.06. The summed E-state index contributed by atoms with van der Waals surface area (Å²) in [5.74, 6) is 1.04. The molecule has 0 aliphatic heterocycles. The number of ether oxygens (including phenoxy) is 1. The lowest BCUT2D eigenvalue weighted by molar-refractivity contribution is 0.409. The summed E-state index contributed by atoms with van der Waals surface area (Å²) in [4.78, 5) is 0. The van der Waals surface area contributed by atoms with Gasteiger partial charge in [-0.2, -0.15) is 0 Å². The van der Waals surface area contributed by atoms with Gasteiger partial charge in [-0.05, 0) is 48.4 Å². The summed E-state index contributed by atoms with van der Waals surface area (Å²) >= 11 is 0. The van der Waals surface area contributed by atoms with E-state index in [-0.39, 0.29) is 0 Å². The van der Waals surface area contributed by atoms with Crippen LogP contribution in [0.2, 0.25) is 0 Å². The van der Waals surface area contributed by atoms with Gasteiger partial charge in [0.1, 0.15) is 5.75 Å². The molecule has 0 spiro atoms. The Labute approximate surface area is 99.1 Å². The first-order chi connectivity index (χ1) is 7.76. The molecule has 1 aromatic rings. The van der Waals surface area contributed by atoms with E-state index in [0.29, 0.717) is 0 Å². The molecule has 0 saturated carbocycles. The molecule has 0 fully saturated rings. The molecule has 0 radical (unpaired) electrons. The minimum atomic E-state index is 1.03. The van der Waals surface area contributed by atoms with E-state index in [0.717, 1.165) is 31.4 Å². The highest BCUT2D eigenvalue weighted by atomic mass is 16.5. The quantitative estimate of drug-likeness (QED) is 0.657. The zero-order chi connectivity index (χ0) is 12.0. The maximum atomic E-state index is 5.47. The van der Waals surface area contributed by atoms with Crippen LogP contribution in [-0.4, -0.2) is 7.11 Å². The molecule has 0 atom stereocenters. The van der Waals surface area contributed by atoms with Crippen molar-refractivity contribution in [1.29, 1.82) is 0 Å². The van der Waals surface area contributed by atoms with Crippen LogP contribution < -0.4 is 4.74 Å². The van der Waals surface area contributed by atoms with Crippen LogP contribution in [0.4, 0.5) is 0 Å². The highest BCUT2D eigenvalue weighted by molar-refractivity contribution is 5.44. The molecule has 0 N–H and O–H groups in total. The first-order valence-electron chi connectivity index (χ1n) is 6.06. The van der Waals surface area contributed by atoms with E-state index < -0.39 is 0 Å². The van der Waals surface area contributed by atoms with E-state index in [4.69, 9.17) is 4.74 Å². The molecule has 1 nitrogen and oxygen atoms in total. The van der Waals surface area contributed by atoms with Crippen LogP contribution >= 0.6 is 0 Å². The Morgan fingerprint density at radius 2 is 2.00 bits per heavy atom. The molecular weight excluding hydrogens is 196 g/mol. The van der Waals surface area contributed by atoms with Gasteiger partial charge in [0.05, 0.1) is 7.11 Å². The standard InChI is InChI=1S/C15H22O/c1-5-8-9-12-10-13(6-2)14(7-3)15(11-12)16-4/h5,10-11H,1,6-9H2,2-4H3. The minimum Gasteiger partial charge on any atom is -0.496 e.